The minimum absolute atomic E-state index is 0. The number of rotatable bonds is 3. The summed E-state index contributed by atoms with van der Waals surface area (Å²) in [7, 11) is -3.29. The van der Waals surface area contributed by atoms with Gasteiger partial charge in [-0.05, 0) is 12.1 Å². The van der Waals surface area contributed by atoms with Gasteiger partial charge in [0.1, 0.15) is 11.4 Å². The van der Waals surface area contributed by atoms with Crippen molar-refractivity contribution in [3.05, 3.63) is 24.3 Å². The zero-order valence-electron chi connectivity index (χ0n) is 8.25. The van der Waals surface area contributed by atoms with E-state index < -0.39 is 10.3 Å². The van der Waals surface area contributed by atoms with E-state index in [0.717, 1.165) is 0 Å². The molecule has 0 heterocycles. The van der Waals surface area contributed by atoms with Crippen molar-refractivity contribution in [2.24, 2.45) is 9.63 Å². The van der Waals surface area contributed by atoms with Crippen molar-refractivity contribution >= 4 is 16.0 Å². The van der Waals surface area contributed by atoms with Gasteiger partial charge in [-0.15, -0.1) is 5.11 Å². The molecule has 15 heavy (non-hydrogen) atoms. The Balaban J connectivity index is 0.00000196. The van der Waals surface area contributed by atoms with Gasteiger partial charge in [0.2, 0.25) is 10.3 Å². The van der Waals surface area contributed by atoms with E-state index in [-0.39, 0.29) is 35.2 Å². The minimum Gasteiger partial charge on any atom is -0.728 e. The molecule has 0 N–H and O–H groups in total. The third-order valence-corrected chi connectivity index (χ3v) is 1.62. The first-order chi connectivity index (χ1) is 6.53. The maximum atomic E-state index is 10.1. The summed E-state index contributed by atoms with van der Waals surface area (Å²) >= 11 is 0. The molecule has 0 aliphatic heterocycles. The third-order valence-electron chi connectivity index (χ3n) is 1.33. The van der Waals surface area contributed by atoms with E-state index >= 15 is 0 Å². The molecule has 8 heteroatoms. The minimum atomic E-state index is -4.69. The van der Waals surface area contributed by atoms with E-state index in [1.54, 1.807) is 18.2 Å². The first-order valence-electron chi connectivity index (χ1n) is 3.55. The summed E-state index contributed by atoms with van der Waals surface area (Å²) in [5, 5.41) is 3.25. The number of methoxy groups -OCH3 is 1. The summed E-state index contributed by atoms with van der Waals surface area (Å²) in [4.78, 5) is 0. The Kier molecular flexibility index (Phi) is 5.99. The summed E-state index contributed by atoms with van der Waals surface area (Å²) in [5.74, 6) is 0.347. The largest absolute Gasteiger partial charge is 1.00 e. The Morgan fingerprint density at radius 2 is 1.93 bits per heavy atom. The van der Waals surface area contributed by atoms with Crippen LogP contribution in [0, 0.1) is 0 Å². The normalized spacial score (nSPS) is 11.1. The van der Waals surface area contributed by atoms with Crippen LogP contribution in [0.1, 0.15) is 0 Å². The van der Waals surface area contributed by atoms with Crippen LogP contribution in [-0.4, -0.2) is 20.1 Å². The van der Waals surface area contributed by atoms with Crippen LogP contribution in [0.4, 0.5) is 5.69 Å². The maximum Gasteiger partial charge on any atom is 1.00 e. The van der Waals surface area contributed by atoms with Crippen molar-refractivity contribution < 1.29 is 47.3 Å². The van der Waals surface area contributed by atoms with Crippen LogP contribution in [0.5, 0.6) is 5.75 Å². The van der Waals surface area contributed by atoms with Gasteiger partial charge in [-0.25, -0.2) is 8.42 Å². The van der Waals surface area contributed by atoms with Crippen molar-refractivity contribution in [2.45, 2.75) is 0 Å². The second-order valence-electron chi connectivity index (χ2n) is 2.28. The van der Waals surface area contributed by atoms with Gasteiger partial charge >= 0.3 is 29.6 Å². The smallest absolute Gasteiger partial charge is 0.728 e. The summed E-state index contributed by atoms with van der Waals surface area (Å²) in [6, 6.07) is 6.36. The Morgan fingerprint density at radius 1 is 1.33 bits per heavy atom. The number of hydrogen-bond acceptors (Lipinski definition) is 5. The van der Waals surface area contributed by atoms with Crippen molar-refractivity contribution in [1.82, 2.24) is 0 Å². The average molecular weight is 238 g/mol. The molecule has 0 saturated heterocycles. The number of benzene rings is 1. The van der Waals surface area contributed by atoms with Crippen LogP contribution >= 0.6 is 0 Å². The molecular formula is C7H7N2NaO4S. The average Bonchev–Trinajstić information content (AvgIpc) is 2.14. The zero-order chi connectivity index (χ0) is 10.6. The standard InChI is InChI=1S/C7H8N2O4S.Na/c1-13-7-5-3-2-4-6(7)8-9-14(10,11)12;/h2-5H,1H3,(H,10,11,12);/q;+1/p-1. The number of nitrogens with zero attached hydrogens (tertiary/aromatic N) is 2. The van der Waals surface area contributed by atoms with Gasteiger partial charge < -0.3 is 9.29 Å². The molecule has 0 radical (unpaired) electrons. The quantitative estimate of drug-likeness (QED) is 0.354. The fourth-order valence-corrected chi connectivity index (χ4v) is 0.994. The monoisotopic (exact) mass is 238 g/mol. The van der Waals surface area contributed by atoms with Crippen LogP contribution in [0.2, 0.25) is 0 Å². The molecule has 0 aromatic heterocycles. The third kappa shape index (κ3) is 5.24. The molecule has 1 rings (SSSR count). The molecule has 0 unspecified atom stereocenters. The predicted molar refractivity (Wildman–Crippen MR) is 47.2 cm³/mol. The fourth-order valence-electron chi connectivity index (χ4n) is 0.806. The van der Waals surface area contributed by atoms with E-state index in [1.807, 2.05) is 0 Å². The van der Waals surface area contributed by atoms with Crippen LogP contribution < -0.4 is 34.3 Å². The molecule has 0 amide bonds. The molecule has 1 aromatic carbocycles. The molecular weight excluding hydrogens is 231 g/mol. The van der Waals surface area contributed by atoms with Gasteiger partial charge in [0.15, 0.2) is 0 Å². The first kappa shape index (κ1) is 14.5. The van der Waals surface area contributed by atoms with E-state index in [9.17, 15) is 13.0 Å². The summed E-state index contributed by atoms with van der Waals surface area (Å²) < 4.78 is 37.9. The first-order valence-corrected chi connectivity index (χ1v) is 4.91. The van der Waals surface area contributed by atoms with E-state index in [1.165, 1.54) is 13.2 Å². The number of hydrogen-bond donors (Lipinski definition) is 0. The molecule has 0 atom stereocenters. The van der Waals surface area contributed by atoms with Gasteiger partial charge in [0, 0.05) is 0 Å². The van der Waals surface area contributed by atoms with Gasteiger partial charge in [-0.3, -0.25) is 0 Å². The fraction of sp³-hybridized carbons (Fsp3) is 0.143. The predicted octanol–water partition coefficient (Wildman–Crippen LogP) is -1.76. The Morgan fingerprint density at radius 3 is 2.47 bits per heavy atom. The van der Waals surface area contributed by atoms with Crippen molar-refractivity contribution in [3.8, 4) is 5.75 Å². The molecule has 1 aromatic rings. The molecule has 0 aliphatic rings. The molecule has 6 nitrogen and oxygen atoms in total. The van der Waals surface area contributed by atoms with Crippen LogP contribution in [0.3, 0.4) is 0 Å². The number of ether oxygens (including phenoxy) is 1. The van der Waals surface area contributed by atoms with Gasteiger partial charge in [0.25, 0.3) is 0 Å². The molecule has 76 valence electrons. The summed E-state index contributed by atoms with van der Waals surface area (Å²) in [5.41, 5.74) is 0.189. The summed E-state index contributed by atoms with van der Waals surface area (Å²) in [6.07, 6.45) is 0. The van der Waals surface area contributed by atoms with E-state index in [4.69, 9.17) is 4.74 Å². The van der Waals surface area contributed by atoms with Crippen LogP contribution in [-0.2, 0) is 10.3 Å². The number of para-hydroxylation sites is 1. The molecule has 0 aliphatic carbocycles. The van der Waals surface area contributed by atoms with E-state index in [2.05, 4.69) is 9.63 Å². The Bertz CT molecular complexity index is 446. The van der Waals surface area contributed by atoms with Crippen molar-refractivity contribution in [1.29, 1.82) is 0 Å². The molecule has 0 saturated carbocycles. The maximum absolute atomic E-state index is 10.1. The molecule has 0 bridgehead atoms. The van der Waals surface area contributed by atoms with Crippen LogP contribution in [0.15, 0.2) is 33.9 Å². The van der Waals surface area contributed by atoms with Gasteiger partial charge in [0.05, 0.1) is 7.11 Å². The Labute approximate surface area is 110 Å². The van der Waals surface area contributed by atoms with Crippen molar-refractivity contribution in [2.75, 3.05) is 7.11 Å². The summed E-state index contributed by atoms with van der Waals surface area (Å²) in [6.45, 7) is 0. The SMILES string of the molecule is COc1ccccc1N=NS(=O)(=O)[O-].[Na+]. The van der Waals surface area contributed by atoms with Gasteiger partial charge in [-0.2, -0.15) is 0 Å². The topological polar surface area (TPSA) is 91.2 Å². The molecule has 0 spiro atoms. The van der Waals surface area contributed by atoms with Gasteiger partial charge in [-0.1, -0.05) is 16.7 Å². The molecule has 0 fully saturated rings. The second kappa shape index (κ2) is 6.19. The van der Waals surface area contributed by atoms with Crippen molar-refractivity contribution in [3.63, 3.8) is 0 Å². The second-order valence-corrected chi connectivity index (χ2v) is 3.30. The Hall–Kier alpha value is -0.470. The van der Waals surface area contributed by atoms with Crippen LogP contribution in [0.25, 0.3) is 0 Å². The zero-order valence-corrected chi connectivity index (χ0v) is 11.1. The van der Waals surface area contributed by atoms with E-state index in [0.29, 0.717) is 5.75 Å².